The van der Waals surface area contributed by atoms with Crippen molar-refractivity contribution in [2.24, 2.45) is 17.8 Å². The Morgan fingerprint density at radius 2 is 1.58 bits per heavy atom. The molecule has 0 spiro atoms. The molecule has 1 aromatic heterocycles. The maximum absolute atomic E-state index is 14.2. The first kappa shape index (κ1) is 47.0. The van der Waals surface area contributed by atoms with Gasteiger partial charge in [0.15, 0.2) is 0 Å². The lowest BCUT2D eigenvalue weighted by Crippen LogP contribution is -2.55. The third-order valence-electron chi connectivity index (χ3n) is 11.4. The van der Waals surface area contributed by atoms with E-state index in [1.54, 1.807) is 36.2 Å². The molecule has 57 heavy (non-hydrogen) atoms. The highest BCUT2D eigenvalue weighted by atomic mass is 16.5. The average molecular weight is 795 g/mol. The van der Waals surface area contributed by atoms with Crippen LogP contribution in [0.4, 0.5) is 0 Å². The quantitative estimate of drug-likeness (QED) is 0.169. The van der Waals surface area contributed by atoms with E-state index in [1.165, 1.54) is 21.3 Å². The second kappa shape index (κ2) is 23.1. The first-order chi connectivity index (χ1) is 27.2. The van der Waals surface area contributed by atoms with Gasteiger partial charge in [0.05, 0.1) is 56.3 Å². The predicted octanol–water partition coefficient (Wildman–Crippen LogP) is 3.48. The molecule has 2 N–H and O–H groups in total. The number of pyridine rings is 1. The molecule has 1 fully saturated rings. The maximum Gasteiger partial charge on any atom is 0.328 e. The lowest BCUT2D eigenvalue weighted by Gasteiger charge is -2.39. The predicted molar refractivity (Wildman–Crippen MR) is 218 cm³/mol. The number of carbonyl (C=O) groups is 5. The Balaban J connectivity index is 1.70. The number of carbonyl (C=O) groups excluding carboxylic acids is 5. The van der Waals surface area contributed by atoms with Crippen LogP contribution in [0, 0.1) is 17.8 Å². The monoisotopic (exact) mass is 794 g/mol. The number of hydrogen-bond donors (Lipinski definition) is 2. The number of ether oxygens (including phenoxy) is 3. The highest BCUT2D eigenvalue weighted by Gasteiger charge is 2.42. The highest BCUT2D eigenvalue weighted by molar-refractivity contribution is 5.88. The van der Waals surface area contributed by atoms with Crippen LogP contribution >= 0.6 is 0 Å². The van der Waals surface area contributed by atoms with Crippen molar-refractivity contribution in [3.63, 3.8) is 0 Å². The van der Waals surface area contributed by atoms with Crippen molar-refractivity contribution in [2.75, 3.05) is 48.5 Å². The number of esters is 1. The largest absolute Gasteiger partial charge is 0.467 e. The summed E-state index contributed by atoms with van der Waals surface area (Å²) in [6.07, 6.45) is 4.49. The van der Waals surface area contributed by atoms with Gasteiger partial charge < -0.3 is 34.6 Å². The van der Waals surface area contributed by atoms with Gasteiger partial charge in [-0.15, -0.1) is 0 Å². The maximum atomic E-state index is 14.2. The molecule has 3 rings (SSSR count). The lowest BCUT2D eigenvalue weighted by atomic mass is 9.90. The highest BCUT2D eigenvalue weighted by Crippen LogP contribution is 2.29. The number of nitrogens with one attached hydrogen (secondary N) is 2. The minimum atomic E-state index is -0.894. The van der Waals surface area contributed by atoms with Gasteiger partial charge in [0.1, 0.15) is 6.04 Å². The van der Waals surface area contributed by atoms with E-state index in [9.17, 15) is 24.0 Å². The third kappa shape index (κ3) is 13.1. The van der Waals surface area contributed by atoms with Crippen molar-refractivity contribution >= 4 is 29.6 Å². The zero-order valence-electron chi connectivity index (χ0n) is 35.6. The Morgan fingerprint density at radius 1 is 0.912 bits per heavy atom. The van der Waals surface area contributed by atoms with E-state index in [1.807, 2.05) is 82.1 Å². The van der Waals surface area contributed by atoms with Crippen molar-refractivity contribution in [1.29, 1.82) is 0 Å². The van der Waals surface area contributed by atoms with Gasteiger partial charge in [0.2, 0.25) is 23.6 Å². The SMILES string of the molecule is CCC(C)C(C(CC(=O)N1CCC[C@H]1C(OC)[C@@H](C)C(=O)NC(Cc1ccccc1)C(=O)OC)OC)N(C)C(=O)CNC(=O)C(C(C)C)N(C)Cc1ccncc1. The third-order valence-corrected chi connectivity index (χ3v) is 11.4. The first-order valence-corrected chi connectivity index (χ1v) is 20.1. The topological polar surface area (TPSA) is 160 Å². The van der Waals surface area contributed by atoms with E-state index in [-0.39, 0.29) is 54.9 Å². The lowest BCUT2D eigenvalue weighted by molar-refractivity contribution is -0.148. The van der Waals surface area contributed by atoms with Crippen LogP contribution in [0.5, 0.6) is 0 Å². The summed E-state index contributed by atoms with van der Waals surface area (Å²) in [4.78, 5) is 77.1. The summed E-state index contributed by atoms with van der Waals surface area (Å²) >= 11 is 0. The van der Waals surface area contributed by atoms with Crippen LogP contribution in [0.1, 0.15) is 71.4 Å². The molecule has 0 aliphatic carbocycles. The summed E-state index contributed by atoms with van der Waals surface area (Å²) in [5.41, 5.74) is 1.90. The molecule has 1 aliphatic rings. The van der Waals surface area contributed by atoms with Crippen molar-refractivity contribution in [3.05, 3.63) is 66.0 Å². The van der Waals surface area contributed by atoms with Gasteiger partial charge in [-0.25, -0.2) is 4.79 Å². The smallest absolute Gasteiger partial charge is 0.328 e. The number of aromatic nitrogens is 1. The number of likely N-dealkylation sites (tertiary alicyclic amines) is 1. The number of hydrogen-bond acceptors (Lipinski definition) is 10. The molecule has 14 nitrogen and oxygen atoms in total. The molecule has 0 saturated carbocycles. The Morgan fingerprint density at radius 3 is 2.16 bits per heavy atom. The van der Waals surface area contributed by atoms with Crippen LogP contribution in [0.25, 0.3) is 0 Å². The van der Waals surface area contributed by atoms with E-state index < -0.39 is 48.3 Å². The molecule has 0 bridgehead atoms. The van der Waals surface area contributed by atoms with Gasteiger partial charge in [-0.1, -0.05) is 71.4 Å². The summed E-state index contributed by atoms with van der Waals surface area (Å²) < 4.78 is 16.9. The van der Waals surface area contributed by atoms with Crippen LogP contribution < -0.4 is 10.6 Å². The summed E-state index contributed by atoms with van der Waals surface area (Å²) in [7, 11) is 7.93. The molecular weight excluding hydrogens is 729 g/mol. The second-order valence-corrected chi connectivity index (χ2v) is 15.6. The number of amides is 4. The molecular formula is C43H66N6O8. The normalized spacial score (nSPS) is 17.9. The Kier molecular flexibility index (Phi) is 19.1. The molecule has 0 radical (unpaired) electrons. The van der Waals surface area contributed by atoms with Gasteiger partial charge in [-0.2, -0.15) is 0 Å². The number of benzene rings is 1. The Bertz CT molecular complexity index is 1580. The Hall–Kier alpha value is -4.40. The zero-order chi connectivity index (χ0) is 42.2. The van der Waals surface area contributed by atoms with Gasteiger partial charge in [0.25, 0.3) is 0 Å². The average Bonchev–Trinajstić information content (AvgIpc) is 3.69. The fraction of sp³-hybridized carbons (Fsp3) is 0.628. The molecule has 2 heterocycles. The summed E-state index contributed by atoms with van der Waals surface area (Å²) in [5.74, 6) is -2.39. The van der Waals surface area contributed by atoms with Crippen LogP contribution in [0.15, 0.2) is 54.9 Å². The van der Waals surface area contributed by atoms with E-state index in [0.717, 1.165) is 24.0 Å². The van der Waals surface area contributed by atoms with E-state index in [4.69, 9.17) is 14.2 Å². The number of methoxy groups -OCH3 is 3. The van der Waals surface area contributed by atoms with Gasteiger partial charge >= 0.3 is 5.97 Å². The van der Waals surface area contributed by atoms with Crippen LogP contribution in [-0.2, 0) is 51.1 Å². The molecule has 1 aromatic carbocycles. The van der Waals surface area contributed by atoms with Gasteiger partial charge in [0, 0.05) is 53.2 Å². The molecule has 8 atom stereocenters. The number of likely N-dealkylation sites (N-methyl/N-ethyl adjacent to an activating group) is 2. The fourth-order valence-electron chi connectivity index (χ4n) is 8.09. The minimum absolute atomic E-state index is 0.000286. The fourth-order valence-corrected chi connectivity index (χ4v) is 8.09. The van der Waals surface area contributed by atoms with Crippen molar-refractivity contribution < 1.29 is 38.2 Å². The van der Waals surface area contributed by atoms with Crippen LogP contribution in [0.3, 0.4) is 0 Å². The van der Waals surface area contributed by atoms with E-state index >= 15 is 0 Å². The van der Waals surface area contributed by atoms with Crippen LogP contribution in [-0.4, -0.2) is 134 Å². The summed E-state index contributed by atoms with van der Waals surface area (Å²) in [5, 5.41) is 5.73. The van der Waals surface area contributed by atoms with Crippen LogP contribution in [0.2, 0.25) is 0 Å². The molecule has 2 aromatic rings. The standard InChI is InChI=1S/C43H66N6O8/c1-11-29(4)39(48(7)37(51)26-45-42(53)38(28(2)3)47(6)27-32-19-21-44-22-20-32)35(55-8)25-36(50)49-23-15-18-34(49)40(56-9)30(5)41(52)46-33(43(54)57-10)24-31-16-13-12-14-17-31/h12-14,16-17,19-22,28-30,33-35,38-40H,11,15,18,23-27H2,1-10H3,(H,45,53)(H,46,52)/t29?,30-,33?,34+,35?,38?,39?,40?/m1/s1. The minimum Gasteiger partial charge on any atom is -0.467 e. The summed E-state index contributed by atoms with van der Waals surface area (Å²) in [6.45, 7) is 10.6. The van der Waals surface area contributed by atoms with Crippen molar-refractivity contribution in [3.8, 4) is 0 Å². The Labute approximate surface area is 339 Å². The molecule has 316 valence electrons. The van der Waals surface area contributed by atoms with Crippen molar-refractivity contribution in [2.45, 2.75) is 110 Å². The molecule has 1 aliphatic heterocycles. The van der Waals surface area contributed by atoms with E-state index in [0.29, 0.717) is 19.5 Å². The molecule has 1 saturated heterocycles. The zero-order valence-corrected chi connectivity index (χ0v) is 35.6. The molecule has 4 amide bonds. The summed E-state index contributed by atoms with van der Waals surface area (Å²) in [6, 6.07) is 11.0. The molecule has 6 unspecified atom stereocenters. The number of rotatable bonds is 22. The van der Waals surface area contributed by atoms with Crippen molar-refractivity contribution in [1.82, 2.24) is 30.3 Å². The van der Waals surface area contributed by atoms with Gasteiger partial charge in [-0.3, -0.25) is 29.1 Å². The van der Waals surface area contributed by atoms with E-state index in [2.05, 4.69) is 15.6 Å². The van der Waals surface area contributed by atoms with Gasteiger partial charge in [-0.05, 0) is 55.0 Å². The molecule has 14 heteroatoms. The second-order valence-electron chi connectivity index (χ2n) is 15.6. The number of nitrogens with zero attached hydrogens (tertiary/aromatic N) is 4. The first-order valence-electron chi connectivity index (χ1n) is 20.1.